The quantitative estimate of drug-likeness (QED) is 0.560. The van der Waals surface area contributed by atoms with E-state index in [1.165, 1.54) is 0 Å². The number of amides is 1. The lowest BCUT2D eigenvalue weighted by Crippen LogP contribution is -2.17. The van der Waals surface area contributed by atoms with Crippen LogP contribution in [0.2, 0.25) is 0 Å². The molecular weight excluding hydrogens is 428 g/mol. The van der Waals surface area contributed by atoms with Crippen molar-refractivity contribution in [1.82, 2.24) is 0 Å². The Morgan fingerprint density at radius 3 is 2.50 bits per heavy atom. The third kappa shape index (κ3) is 2.65. The number of nitrogens with one attached hydrogen (secondary N) is 1. The Morgan fingerprint density at radius 2 is 1.75 bits per heavy atom. The Labute approximate surface area is 121 Å². The van der Waals surface area contributed by atoms with Crippen molar-refractivity contribution in [3.8, 4) is 0 Å². The SMILES string of the molecule is O=C(Nc1cccc2ccccc12)C(I)I. The van der Waals surface area contributed by atoms with Crippen LogP contribution >= 0.6 is 45.2 Å². The summed E-state index contributed by atoms with van der Waals surface area (Å²) in [6.45, 7) is 0. The van der Waals surface area contributed by atoms with Crippen LogP contribution in [0.25, 0.3) is 10.8 Å². The molecule has 0 aliphatic carbocycles. The average Bonchev–Trinajstić information content (AvgIpc) is 2.29. The lowest BCUT2D eigenvalue weighted by atomic mass is 10.1. The van der Waals surface area contributed by atoms with Gasteiger partial charge < -0.3 is 5.32 Å². The zero-order valence-electron chi connectivity index (χ0n) is 8.28. The molecular formula is C12H9I2NO. The number of rotatable bonds is 2. The lowest BCUT2D eigenvalue weighted by Gasteiger charge is -2.09. The van der Waals surface area contributed by atoms with Gasteiger partial charge in [0, 0.05) is 11.1 Å². The average molecular weight is 437 g/mol. The minimum absolute atomic E-state index is 0.0255. The molecule has 4 heteroatoms. The molecule has 2 rings (SSSR count). The maximum atomic E-state index is 11.6. The summed E-state index contributed by atoms with van der Waals surface area (Å²) < 4.78 is -0.0610. The van der Waals surface area contributed by atoms with E-state index in [0.29, 0.717) is 0 Å². The highest BCUT2D eigenvalue weighted by Gasteiger charge is 2.11. The smallest absolute Gasteiger partial charge is 0.247 e. The van der Waals surface area contributed by atoms with Crippen molar-refractivity contribution in [3.05, 3.63) is 42.5 Å². The standard InChI is InChI=1S/C12H9I2NO/c13-11(14)12(16)15-10-7-3-5-8-4-1-2-6-9(8)10/h1-7,11H,(H,15,16). The highest BCUT2D eigenvalue weighted by atomic mass is 127. The molecule has 0 heterocycles. The van der Waals surface area contributed by atoms with E-state index in [4.69, 9.17) is 0 Å². The summed E-state index contributed by atoms with van der Waals surface area (Å²) in [6.07, 6.45) is 0. The molecule has 0 aromatic heterocycles. The predicted octanol–water partition coefficient (Wildman–Crippen LogP) is 3.97. The molecule has 1 amide bonds. The van der Waals surface area contributed by atoms with Crippen molar-refractivity contribution >= 4 is 67.5 Å². The van der Waals surface area contributed by atoms with Crippen LogP contribution in [-0.4, -0.2) is 7.84 Å². The fourth-order valence-corrected chi connectivity index (χ4v) is 1.83. The number of carbonyl (C=O) groups excluding carboxylic acids is 1. The Hall–Kier alpha value is -0.370. The van der Waals surface area contributed by atoms with Crippen LogP contribution in [0.1, 0.15) is 0 Å². The summed E-state index contributed by atoms with van der Waals surface area (Å²) in [5.41, 5.74) is 0.876. The van der Waals surface area contributed by atoms with Crippen LogP contribution in [-0.2, 0) is 4.79 Å². The normalized spacial score (nSPS) is 10.7. The molecule has 0 saturated carbocycles. The summed E-state index contributed by atoms with van der Waals surface area (Å²) in [5, 5.41) is 5.14. The molecule has 2 aromatic carbocycles. The van der Waals surface area contributed by atoms with Gasteiger partial charge in [-0.2, -0.15) is 0 Å². The minimum atomic E-state index is -0.0610. The highest BCUT2D eigenvalue weighted by Crippen LogP contribution is 2.24. The van der Waals surface area contributed by atoms with Crippen molar-refractivity contribution in [3.63, 3.8) is 0 Å². The maximum Gasteiger partial charge on any atom is 0.247 e. The van der Waals surface area contributed by atoms with Gasteiger partial charge in [-0.05, 0) is 11.5 Å². The molecule has 0 spiro atoms. The van der Waals surface area contributed by atoms with Gasteiger partial charge in [0.1, 0.15) is 1.93 Å². The van der Waals surface area contributed by atoms with Crippen molar-refractivity contribution in [1.29, 1.82) is 0 Å². The predicted molar refractivity (Wildman–Crippen MR) is 84.4 cm³/mol. The first-order valence-electron chi connectivity index (χ1n) is 4.75. The molecule has 0 radical (unpaired) electrons. The molecule has 2 aromatic rings. The van der Waals surface area contributed by atoms with Crippen molar-refractivity contribution in [2.24, 2.45) is 0 Å². The molecule has 16 heavy (non-hydrogen) atoms. The van der Waals surface area contributed by atoms with Gasteiger partial charge in [-0.3, -0.25) is 4.79 Å². The number of fused-ring (bicyclic) bond motifs is 1. The van der Waals surface area contributed by atoms with Gasteiger partial charge in [-0.15, -0.1) is 0 Å². The summed E-state index contributed by atoms with van der Waals surface area (Å²) in [4.78, 5) is 11.6. The van der Waals surface area contributed by atoms with Crippen LogP contribution < -0.4 is 5.32 Å². The minimum Gasteiger partial charge on any atom is -0.324 e. The number of hydrogen-bond donors (Lipinski definition) is 1. The van der Waals surface area contributed by atoms with Crippen molar-refractivity contribution in [2.45, 2.75) is 1.93 Å². The Kier molecular flexibility index (Phi) is 4.01. The summed E-state index contributed by atoms with van der Waals surface area (Å²) in [7, 11) is 0. The van der Waals surface area contributed by atoms with Gasteiger partial charge in [0.15, 0.2) is 0 Å². The van der Waals surface area contributed by atoms with Gasteiger partial charge >= 0.3 is 0 Å². The van der Waals surface area contributed by atoms with Gasteiger partial charge in [-0.25, -0.2) is 0 Å². The van der Waals surface area contributed by atoms with E-state index in [1.54, 1.807) is 0 Å². The van der Waals surface area contributed by atoms with Crippen LogP contribution in [0, 0.1) is 0 Å². The van der Waals surface area contributed by atoms with E-state index in [0.717, 1.165) is 16.5 Å². The third-order valence-electron chi connectivity index (χ3n) is 2.25. The monoisotopic (exact) mass is 437 g/mol. The second-order valence-corrected chi connectivity index (χ2v) is 8.19. The van der Waals surface area contributed by atoms with Crippen LogP contribution in [0.4, 0.5) is 5.69 Å². The van der Waals surface area contributed by atoms with E-state index in [1.807, 2.05) is 42.5 Å². The number of halogens is 2. The van der Waals surface area contributed by atoms with E-state index < -0.39 is 0 Å². The Balaban J connectivity index is 2.41. The summed E-state index contributed by atoms with van der Waals surface area (Å²) >= 11 is 4.19. The topological polar surface area (TPSA) is 29.1 Å². The molecule has 0 bridgehead atoms. The molecule has 0 saturated heterocycles. The first kappa shape index (κ1) is 12.1. The Bertz CT molecular complexity index is 520. The number of hydrogen-bond acceptors (Lipinski definition) is 1. The molecule has 0 fully saturated rings. The van der Waals surface area contributed by atoms with Gasteiger partial charge in [0.05, 0.1) is 0 Å². The molecule has 82 valence electrons. The third-order valence-corrected chi connectivity index (χ3v) is 3.38. The number of benzene rings is 2. The zero-order valence-corrected chi connectivity index (χ0v) is 12.6. The molecule has 0 aliphatic rings. The molecule has 1 N–H and O–H groups in total. The molecule has 0 atom stereocenters. The van der Waals surface area contributed by atoms with Crippen molar-refractivity contribution in [2.75, 3.05) is 5.32 Å². The lowest BCUT2D eigenvalue weighted by molar-refractivity contribution is -0.113. The van der Waals surface area contributed by atoms with E-state index >= 15 is 0 Å². The van der Waals surface area contributed by atoms with Gasteiger partial charge in [0.2, 0.25) is 5.91 Å². The molecule has 2 nitrogen and oxygen atoms in total. The zero-order chi connectivity index (χ0) is 11.5. The number of alkyl halides is 2. The molecule has 0 unspecified atom stereocenters. The summed E-state index contributed by atoms with van der Waals surface area (Å²) in [5.74, 6) is 0.0255. The maximum absolute atomic E-state index is 11.6. The highest BCUT2D eigenvalue weighted by molar-refractivity contribution is 14.2. The Morgan fingerprint density at radius 1 is 1.06 bits per heavy atom. The largest absolute Gasteiger partial charge is 0.324 e. The second kappa shape index (κ2) is 5.31. The molecule has 0 aliphatic heterocycles. The van der Waals surface area contributed by atoms with E-state index in [-0.39, 0.29) is 7.84 Å². The first-order valence-corrected chi connectivity index (χ1v) is 7.24. The van der Waals surface area contributed by atoms with E-state index in [2.05, 4.69) is 50.5 Å². The van der Waals surface area contributed by atoms with Crippen LogP contribution in [0.3, 0.4) is 0 Å². The fraction of sp³-hybridized carbons (Fsp3) is 0.0833. The fourth-order valence-electron chi connectivity index (χ4n) is 1.52. The van der Waals surface area contributed by atoms with E-state index in [9.17, 15) is 4.79 Å². The van der Waals surface area contributed by atoms with Crippen LogP contribution in [0.15, 0.2) is 42.5 Å². The first-order chi connectivity index (χ1) is 7.68. The second-order valence-electron chi connectivity index (χ2n) is 3.32. The number of anilines is 1. The van der Waals surface area contributed by atoms with Gasteiger partial charge in [0.25, 0.3) is 0 Å². The number of carbonyl (C=O) groups is 1. The summed E-state index contributed by atoms with van der Waals surface area (Å²) in [6, 6.07) is 13.9. The van der Waals surface area contributed by atoms with Crippen molar-refractivity contribution < 1.29 is 4.79 Å². The van der Waals surface area contributed by atoms with Gasteiger partial charge in [-0.1, -0.05) is 81.6 Å². The van der Waals surface area contributed by atoms with Crippen LogP contribution in [0.5, 0.6) is 0 Å².